The minimum atomic E-state index is -1.31. The van der Waals surface area contributed by atoms with Crippen LogP contribution in [0.3, 0.4) is 0 Å². The van der Waals surface area contributed by atoms with Crippen LogP contribution in [0.1, 0.15) is 21.5 Å². The summed E-state index contributed by atoms with van der Waals surface area (Å²) in [5.41, 5.74) is 1.15. The van der Waals surface area contributed by atoms with E-state index in [0.717, 1.165) is 10.5 Å². The minimum Gasteiger partial charge on any atom is -0.345 e. The highest BCUT2D eigenvalue weighted by atomic mass is 16.2. The molecule has 1 heterocycles. The van der Waals surface area contributed by atoms with Crippen molar-refractivity contribution in [2.45, 2.75) is 12.0 Å². The number of hydrogen-bond donors (Lipinski definition) is 2. The molecular weight excluding hydrogens is 444 g/mol. The third-order valence-electron chi connectivity index (χ3n) is 5.88. The van der Waals surface area contributed by atoms with E-state index in [1.54, 1.807) is 50.5 Å². The minimum absolute atomic E-state index is 0.155. The van der Waals surface area contributed by atoms with Gasteiger partial charge in [-0.05, 0) is 35.4 Å². The van der Waals surface area contributed by atoms with Gasteiger partial charge in [0, 0.05) is 31.8 Å². The number of anilines is 1. The maximum atomic E-state index is 13.6. The summed E-state index contributed by atoms with van der Waals surface area (Å²) in [4.78, 5) is 53.7. The summed E-state index contributed by atoms with van der Waals surface area (Å²) in [7, 11) is 3.31. The van der Waals surface area contributed by atoms with Crippen molar-refractivity contribution in [3.8, 4) is 0 Å². The summed E-state index contributed by atoms with van der Waals surface area (Å²) in [6.45, 7) is -0.438. The number of nitrogens with zero attached hydrogens (tertiary/aromatic N) is 2. The van der Waals surface area contributed by atoms with E-state index < -0.39 is 29.9 Å². The smallest absolute Gasteiger partial charge is 0.325 e. The van der Waals surface area contributed by atoms with Gasteiger partial charge in [-0.1, -0.05) is 60.7 Å². The summed E-state index contributed by atoms with van der Waals surface area (Å²) in [5.74, 6) is -1.17. The Bertz CT molecular complexity index is 1240. The number of hydrogen-bond acceptors (Lipinski definition) is 4. The summed E-state index contributed by atoms with van der Waals surface area (Å²) in [6, 6.07) is 24.2. The van der Waals surface area contributed by atoms with Crippen LogP contribution in [0.2, 0.25) is 0 Å². The first kappa shape index (κ1) is 23.7. The highest BCUT2D eigenvalue weighted by molar-refractivity contribution is 6.10. The van der Waals surface area contributed by atoms with Crippen molar-refractivity contribution in [2.75, 3.05) is 26.0 Å². The van der Waals surface area contributed by atoms with E-state index in [2.05, 4.69) is 10.6 Å². The highest BCUT2D eigenvalue weighted by Crippen LogP contribution is 2.33. The molecule has 1 unspecified atom stereocenters. The number of imide groups is 1. The van der Waals surface area contributed by atoms with Crippen molar-refractivity contribution in [2.24, 2.45) is 0 Å². The molecule has 178 valence electrons. The first-order valence-electron chi connectivity index (χ1n) is 11.2. The van der Waals surface area contributed by atoms with Gasteiger partial charge in [0.1, 0.15) is 6.54 Å². The molecular formula is C27H26N4O4. The zero-order valence-corrected chi connectivity index (χ0v) is 19.5. The van der Waals surface area contributed by atoms with Crippen LogP contribution >= 0.6 is 0 Å². The van der Waals surface area contributed by atoms with E-state index in [0.29, 0.717) is 16.8 Å². The molecule has 1 aliphatic rings. The van der Waals surface area contributed by atoms with Gasteiger partial charge in [-0.2, -0.15) is 0 Å². The van der Waals surface area contributed by atoms with Gasteiger partial charge in [0.25, 0.3) is 11.8 Å². The van der Waals surface area contributed by atoms with E-state index >= 15 is 0 Å². The Morgan fingerprint density at radius 3 is 2.09 bits per heavy atom. The number of nitrogens with one attached hydrogen (secondary N) is 2. The lowest BCUT2D eigenvalue weighted by molar-refractivity contribution is -0.134. The first-order chi connectivity index (χ1) is 16.8. The van der Waals surface area contributed by atoms with Gasteiger partial charge in [-0.15, -0.1) is 0 Å². The molecule has 3 aromatic carbocycles. The van der Waals surface area contributed by atoms with E-state index in [-0.39, 0.29) is 12.3 Å². The van der Waals surface area contributed by atoms with Crippen LogP contribution in [-0.4, -0.2) is 54.2 Å². The second-order valence-corrected chi connectivity index (χ2v) is 8.58. The molecule has 8 nitrogen and oxygen atoms in total. The molecule has 0 saturated carbocycles. The van der Waals surface area contributed by atoms with Crippen LogP contribution < -0.4 is 10.6 Å². The molecule has 1 aliphatic heterocycles. The second-order valence-electron chi connectivity index (χ2n) is 8.58. The van der Waals surface area contributed by atoms with Gasteiger partial charge in [-0.25, -0.2) is 4.79 Å². The van der Waals surface area contributed by atoms with Crippen LogP contribution in [0.4, 0.5) is 10.5 Å². The Labute approximate surface area is 203 Å². The van der Waals surface area contributed by atoms with Crippen LogP contribution in [0.5, 0.6) is 0 Å². The molecule has 0 aliphatic carbocycles. The predicted molar refractivity (Wildman–Crippen MR) is 132 cm³/mol. The third kappa shape index (κ3) is 4.91. The van der Waals surface area contributed by atoms with Crippen molar-refractivity contribution in [3.63, 3.8) is 0 Å². The summed E-state index contributed by atoms with van der Waals surface area (Å²) in [5, 5.41) is 5.53. The lowest BCUT2D eigenvalue weighted by Gasteiger charge is -2.27. The van der Waals surface area contributed by atoms with Crippen molar-refractivity contribution in [1.82, 2.24) is 15.1 Å². The average Bonchev–Trinajstić information content (AvgIpc) is 3.10. The Morgan fingerprint density at radius 1 is 0.886 bits per heavy atom. The molecule has 3 aromatic rings. The molecule has 1 fully saturated rings. The molecule has 0 aromatic heterocycles. The Morgan fingerprint density at radius 2 is 1.49 bits per heavy atom. The van der Waals surface area contributed by atoms with Gasteiger partial charge in [0.15, 0.2) is 5.54 Å². The molecule has 0 bridgehead atoms. The van der Waals surface area contributed by atoms with E-state index in [1.165, 1.54) is 4.90 Å². The average molecular weight is 471 g/mol. The molecule has 0 radical (unpaired) electrons. The number of amides is 5. The quantitative estimate of drug-likeness (QED) is 0.519. The molecule has 35 heavy (non-hydrogen) atoms. The number of carbonyl (C=O) groups is 4. The third-order valence-corrected chi connectivity index (χ3v) is 5.88. The Hall–Kier alpha value is -4.46. The van der Waals surface area contributed by atoms with Gasteiger partial charge in [-0.3, -0.25) is 19.3 Å². The highest BCUT2D eigenvalue weighted by Gasteiger charge is 2.52. The lowest BCUT2D eigenvalue weighted by atomic mass is 9.83. The molecule has 2 N–H and O–H groups in total. The molecule has 1 saturated heterocycles. The van der Waals surface area contributed by atoms with Gasteiger partial charge in [0.05, 0.1) is 0 Å². The maximum absolute atomic E-state index is 13.6. The molecule has 0 spiro atoms. The van der Waals surface area contributed by atoms with Crippen molar-refractivity contribution in [3.05, 3.63) is 102 Å². The normalized spacial score (nSPS) is 17.1. The lowest BCUT2D eigenvalue weighted by Crippen LogP contribution is -2.46. The van der Waals surface area contributed by atoms with Crippen molar-refractivity contribution >= 4 is 29.4 Å². The van der Waals surface area contributed by atoms with E-state index in [9.17, 15) is 19.2 Å². The second kappa shape index (κ2) is 9.80. The van der Waals surface area contributed by atoms with Crippen LogP contribution in [-0.2, 0) is 21.5 Å². The number of urea groups is 1. The number of carbonyl (C=O) groups excluding carboxylic acids is 4. The SMILES string of the molecule is CN(C)C(=O)c1ccc(NC(=O)CN2C(=O)NC(Cc3ccccc3)(c3ccccc3)C2=O)cc1. The molecule has 8 heteroatoms. The topological polar surface area (TPSA) is 98.8 Å². The predicted octanol–water partition coefficient (Wildman–Crippen LogP) is 3.02. The van der Waals surface area contributed by atoms with Crippen LogP contribution in [0.25, 0.3) is 0 Å². The molecule has 4 rings (SSSR count). The maximum Gasteiger partial charge on any atom is 0.325 e. The first-order valence-corrected chi connectivity index (χ1v) is 11.2. The summed E-state index contributed by atoms with van der Waals surface area (Å²) >= 11 is 0. The largest absolute Gasteiger partial charge is 0.345 e. The fourth-order valence-corrected chi connectivity index (χ4v) is 4.11. The van der Waals surface area contributed by atoms with E-state index in [4.69, 9.17) is 0 Å². The van der Waals surface area contributed by atoms with Crippen molar-refractivity contribution in [1.29, 1.82) is 0 Å². The summed E-state index contributed by atoms with van der Waals surface area (Å²) < 4.78 is 0. The zero-order valence-electron chi connectivity index (χ0n) is 19.5. The Kier molecular flexibility index (Phi) is 6.64. The van der Waals surface area contributed by atoms with Gasteiger partial charge < -0.3 is 15.5 Å². The number of benzene rings is 3. The van der Waals surface area contributed by atoms with Gasteiger partial charge in [0.2, 0.25) is 5.91 Å². The van der Waals surface area contributed by atoms with E-state index in [1.807, 2.05) is 48.5 Å². The Balaban J connectivity index is 1.52. The van der Waals surface area contributed by atoms with Crippen molar-refractivity contribution < 1.29 is 19.2 Å². The van der Waals surface area contributed by atoms with Gasteiger partial charge >= 0.3 is 6.03 Å². The fourth-order valence-electron chi connectivity index (χ4n) is 4.11. The monoisotopic (exact) mass is 470 g/mol. The number of rotatable bonds is 7. The zero-order chi connectivity index (χ0) is 25.0. The molecule has 5 amide bonds. The standard InChI is InChI=1S/C27H26N4O4/c1-30(2)24(33)20-13-15-22(16-14-20)28-23(32)18-31-25(34)27(29-26(31)35,21-11-7-4-8-12-21)17-19-9-5-3-6-10-19/h3-16H,17-18H2,1-2H3,(H,28,32)(H,29,35). The fraction of sp³-hybridized carbons (Fsp3) is 0.185. The van der Waals surface area contributed by atoms with Crippen LogP contribution in [0, 0.1) is 0 Å². The summed E-state index contributed by atoms with van der Waals surface area (Å²) in [6.07, 6.45) is 0.252. The van der Waals surface area contributed by atoms with Crippen LogP contribution in [0.15, 0.2) is 84.9 Å². The molecule has 1 atom stereocenters.